The van der Waals surface area contributed by atoms with Gasteiger partial charge in [-0.2, -0.15) is 0 Å². The van der Waals surface area contributed by atoms with Crippen LogP contribution in [0.5, 0.6) is 17.2 Å². The molecule has 3 rings (SSSR count). The van der Waals surface area contributed by atoms with Gasteiger partial charge in [0.1, 0.15) is 21.5 Å². The van der Waals surface area contributed by atoms with Crippen LogP contribution in [0.2, 0.25) is 0 Å². The number of carbonyl (C=O) groups excluding carboxylic acids is 1. The summed E-state index contributed by atoms with van der Waals surface area (Å²) in [7, 11) is 1.08. The lowest BCUT2D eigenvalue weighted by Crippen LogP contribution is -2.30. The van der Waals surface area contributed by atoms with Gasteiger partial charge in [0.15, 0.2) is 6.61 Å². The molecule has 0 aliphatic heterocycles. The predicted molar refractivity (Wildman–Crippen MR) is 128 cm³/mol. The molecule has 1 amide bonds. The summed E-state index contributed by atoms with van der Waals surface area (Å²) in [6.07, 6.45) is 0.596. The molecule has 0 saturated heterocycles. The van der Waals surface area contributed by atoms with Crippen LogP contribution in [0.1, 0.15) is 5.56 Å². The maximum atomic E-state index is 12.6. The molecule has 10 heteroatoms. The smallest absolute Gasteiger partial charge is 0.273 e. The first kappa shape index (κ1) is 24.4. The predicted octanol–water partition coefficient (Wildman–Crippen LogP) is 3.33. The molecule has 0 unspecified atom stereocenters. The molecule has 0 spiro atoms. The molecule has 2 aromatic carbocycles. The van der Waals surface area contributed by atoms with Crippen LogP contribution in [-0.2, 0) is 21.2 Å². The van der Waals surface area contributed by atoms with Crippen molar-refractivity contribution in [2.75, 3.05) is 38.7 Å². The Bertz CT molecular complexity index is 1160. The minimum atomic E-state index is -3.60. The Kier molecular flexibility index (Phi) is 8.18. The molecule has 33 heavy (non-hydrogen) atoms. The number of amides is 1. The molecular formula is C23H26N2O6S2. The van der Waals surface area contributed by atoms with Crippen LogP contribution >= 0.6 is 11.3 Å². The number of sulfonamides is 1. The first-order valence-electron chi connectivity index (χ1n) is 10.1. The number of hydrogen-bond donors (Lipinski definition) is 1. The molecule has 8 nitrogen and oxygen atoms in total. The van der Waals surface area contributed by atoms with E-state index in [4.69, 9.17) is 14.2 Å². The summed E-state index contributed by atoms with van der Waals surface area (Å²) in [6, 6.07) is 15.3. The highest BCUT2D eigenvalue weighted by Gasteiger charge is 2.22. The van der Waals surface area contributed by atoms with Gasteiger partial charge in [0, 0.05) is 19.7 Å². The quantitative estimate of drug-likeness (QED) is 0.443. The highest BCUT2D eigenvalue weighted by molar-refractivity contribution is 7.94. The van der Waals surface area contributed by atoms with E-state index in [1.165, 1.54) is 11.4 Å². The van der Waals surface area contributed by atoms with Crippen LogP contribution in [0.3, 0.4) is 0 Å². The number of nitrogens with zero attached hydrogens (tertiary/aromatic N) is 1. The van der Waals surface area contributed by atoms with E-state index in [0.29, 0.717) is 35.9 Å². The van der Waals surface area contributed by atoms with Crippen molar-refractivity contribution in [2.45, 2.75) is 10.6 Å². The van der Waals surface area contributed by atoms with Crippen molar-refractivity contribution in [3.05, 3.63) is 65.5 Å². The Hall–Kier alpha value is -3.24. The number of rotatable bonds is 11. The molecular weight excluding hydrogens is 464 g/mol. The van der Waals surface area contributed by atoms with Gasteiger partial charge in [-0.15, -0.1) is 11.3 Å². The maximum absolute atomic E-state index is 12.6. The Morgan fingerprint density at radius 3 is 2.39 bits per heavy atom. The third kappa shape index (κ3) is 6.17. The van der Waals surface area contributed by atoms with Crippen molar-refractivity contribution in [2.24, 2.45) is 0 Å². The summed E-state index contributed by atoms with van der Waals surface area (Å²) in [5.41, 5.74) is 1.45. The minimum Gasteiger partial charge on any atom is -0.497 e. The van der Waals surface area contributed by atoms with Gasteiger partial charge in [0.05, 0.1) is 19.9 Å². The Balaban J connectivity index is 1.48. The fourth-order valence-electron chi connectivity index (χ4n) is 3.03. The zero-order chi connectivity index (χ0) is 23.8. The van der Waals surface area contributed by atoms with Gasteiger partial charge >= 0.3 is 0 Å². The van der Waals surface area contributed by atoms with Crippen LogP contribution in [0, 0.1) is 0 Å². The van der Waals surface area contributed by atoms with E-state index in [0.717, 1.165) is 16.9 Å². The van der Waals surface area contributed by atoms with E-state index in [1.54, 1.807) is 62.1 Å². The van der Waals surface area contributed by atoms with E-state index < -0.39 is 10.0 Å². The van der Waals surface area contributed by atoms with E-state index in [9.17, 15) is 13.2 Å². The number of hydrogen-bond acceptors (Lipinski definition) is 7. The van der Waals surface area contributed by atoms with Crippen LogP contribution in [0.15, 0.2) is 64.2 Å². The Morgan fingerprint density at radius 2 is 1.76 bits per heavy atom. The Labute approximate surface area is 197 Å². The molecule has 0 saturated carbocycles. The summed E-state index contributed by atoms with van der Waals surface area (Å²) >= 11 is 1.16. The van der Waals surface area contributed by atoms with Gasteiger partial charge in [0.2, 0.25) is 0 Å². The lowest BCUT2D eigenvalue weighted by atomic mass is 10.1. The van der Waals surface area contributed by atoms with Gasteiger partial charge in [-0.25, -0.2) is 8.42 Å². The van der Waals surface area contributed by atoms with Gasteiger partial charge in [0.25, 0.3) is 15.9 Å². The van der Waals surface area contributed by atoms with Crippen molar-refractivity contribution >= 4 is 33.0 Å². The van der Waals surface area contributed by atoms with E-state index >= 15 is 0 Å². The number of benzene rings is 2. The van der Waals surface area contributed by atoms with Gasteiger partial charge in [-0.05, 0) is 53.8 Å². The zero-order valence-electron chi connectivity index (χ0n) is 18.6. The summed E-state index contributed by atoms with van der Waals surface area (Å²) in [6.45, 7) is 0.275. The zero-order valence-corrected chi connectivity index (χ0v) is 20.2. The molecule has 0 radical (unpaired) electrons. The summed E-state index contributed by atoms with van der Waals surface area (Å²) in [5.74, 6) is 1.61. The summed E-state index contributed by atoms with van der Waals surface area (Å²) in [4.78, 5) is 12.1. The van der Waals surface area contributed by atoms with Crippen LogP contribution < -0.4 is 23.8 Å². The largest absolute Gasteiger partial charge is 0.497 e. The van der Waals surface area contributed by atoms with E-state index in [1.807, 2.05) is 12.1 Å². The molecule has 1 heterocycles. The molecule has 176 valence electrons. The maximum Gasteiger partial charge on any atom is 0.273 e. The minimum absolute atomic E-state index is 0.150. The van der Waals surface area contributed by atoms with Crippen LogP contribution in [-0.4, -0.2) is 48.7 Å². The number of ether oxygens (including phenoxy) is 3. The average Bonchev–Trinajstić information content (AvgIpc) is 3.39. The topological polar surface area (TPSA) is 94.2 Å². The monoisotopic (exact) mass is 490 g/mol. The molecule has 3 aromatic rings. The fourth-order valence-corrected chi connectivity index (χ4v) is 5.39. The number of thiophene rings is 1. The van der Waals surface area contributed by atoms with Crippen molar-refractivity contribution in [3.63, 3.8) is 0 Å². The van der Waals surface area contributed by atoms with Crippen LogP contribution in [0.4, 0.5) is 5.69 Å². The van der Waals surface area contributed by atoms with Crippen LogP contribution in [0.25, 0.3) is 0 Å². The number of nitrogens with one attached hydrogen (secondary N) is 1. The standard InChI is InChI=1S/C23H26N2O6S2/c1-25(33(27,28)23-5-4-14-32-23)18-7-10-19(11-8-18)31-16-22(26)24-13-12-17-6-9-20(29-2)15-21(17)30-3/h4-11,14-15H,12-13,16H2,1-3H3,(H,24,26). The van der Waals surface area contributed by atoms with Gasteiger partial charge in [-0.1, -0.05) is 12.1 Å². The van der Waals surface area contributed by atoms with E-state index in [2.05, 4.69) is 5.32 Å². The first-order chi connectivity index (χ1) is 15.8. The summed E-state index contributed by atoms with van der Waals surface area (Å²) < 4.78 is 42.8. The average molecular weight is 491 g/mol. The third-order valence-electron chi connectivity index (χ3n) is 4.89. The normalized spacial score (nSPS) is 11.0. The number of anilines is 1. The van der Waals surface area contributed by atoms with Crippen molar-refractivity contribution in [3.8, 4) is 17.2 Å². The van der Waals surface area contributed by atoms with Crippen molar-refractivity contribution in [1.29, 1.82) is 0 Å². The molecule has 1 N–H and O–H groups in total. The molecule has 0 aliphatic rings. The lowest BCUT2D eigenvalue weighted by molar-refractivity contribution is -0.123. The fraction of sp³-hybridized carbons (Fsp3) is 0.261. The SMILES string of the molecule is COc1ccc(CCNC(=O)COc2ccc(N(C)S(=O)(=O)c3cccs3)cc2)c(OC)c1. The number of methoxy groups -OCH3 is 2. The lowest BCUT2D eigenvalue weighted by Gasteiger charge is -2.18. The highest BCUT2D eigenvalue weighted by atomic mass is 32.2. The second-order valence-electron chi connectivity index (χ2n) is 6.96. The summed E-state index contributed by atoms with van der Waals surface area (Å²) in [5, 5.41) is 4.53. The van der Waals surface area contributed by atoms with Gasteiger partial charge in [-0.3, -0.25) is 9.10 Å². The second kappa shape index (κ2) is 11.1. The molecule has 0 atom stereocenters. The van der Waals surface area contributed by atoms with E-state index in [-0.39, 0.29) is 16.7 Å². The number of carbonyl (C=O) groups is 1. The molecule has 0 fully saturated rings. The van der Waals surface area contributed by atoms with Gasteiger partial charge < -0.3 is 19.5 Å². The second-order valence-corrected chi connectivity index (χ2v) is 10.1. The Morgan fingerprint density at radius 1 is 1.03 bits per heavy atom. The van der Waals surface area contributed by atoms with Crippen molar-refractivity contribution in [1.82, 2.24) is 5.32 Å². The highest BCUT2D eigenvalue weighted by Crippen LogP contribution is 2.27. The third-order valence-corrected chi connectivity index (χ3v) is 8.05. The first-order valence-corrected chi connectivity index (χ1v) is 12.4. The molecule has 0 aliphatic carbocycles. The molecule has 0 bridgehead atoms. The van der Waals surface area contributed by atoms with Crippen molar-refractivity contribution < 1.29 is 27.4 Å². The molecule has 1 aromatic heterocycles.